The van der Waals surface area contributed by atoms with Crippen molar-refractivity contribution in [2.75, 3.05) is 31.8 Å². The van der Waals surface area contributed by atoms with E-state index in [0.717, 1.165) is 16.7 Å². The Balaban J connectivity index is 1.43. The van der Waals surface area contributed by atoms with Crippen LogP contribution in [0, 0.1) is 25.7 Å². The predicted molar refractivity (Wildman–Crippen MR) is 221 cm³/mol. The average molecular weight is 843 g/mol. The molecule has 0 aromatic heterocycles. The number of rotatable bonds is 18. The van der Waals surface area contributed by atoms with Gasteiger partial charge in [-0.25, -0.2) is 0 Å². The van der Waals surface area contributed by atoms with E-state index in [9.17, 15) is 14.7 Å². The van der Waals surface area contributed by atoms with Crippen LogP contribution in [0.15, 0.2) is 104 Å². The van der Waals surface area contributed by atoms with Crippen molar-refractivity contribution in [1.29, 1.82) is 0 Å². The second-order valence-corrected chi connectivity index (χ2v) is 16.4. The number of aryl methyl sites for hydroxylation is 2. The molecule has 11 nitrogen and oxygen atoms in total. The fraction of sp³-hybridized carbons (Fsp3) is 0.422. The first kappa shape index (κ1) is 42.0. The van der Waals surface area contributed by atoms with Crippen LogP contribution in [0.1, 0.15) is 47.6 Å². The largest absolute Gasteiger partial charge is 0.455 e. The van der Waals surface area contributed by atoms with Gasteiger partial charge in [0.1, 0.15) is 17.7 Å². The molecule has 57 heavy (non-hydrogen) atoms. The van der Waals surface area contributed by atoms with Crippen molar-refractivity contribution in [3.05, 3.63) is 126 Å². The molecule has 3 amide bonds. The number of amides is 3. The fourth-order valence-electron chi connectivity index (χ4n) is 8.87. The maximum atomic E-state index is 15.4. The van der Waals surface area contributed by atoms with Gasteiger partial charge in [-0.2, -0.15) is 0 Å². The highest BCUT2D eigenvalue weighted by atomic mass is 79.9. The van der Waals surface area contributed by atoms with Gasteiger partial charge < -0.3 is 34.4 Å². The minimum absolute atomic E-state index is 0.0319. The summed E-state index contributed by atoms with van der Waals surface area (Å²) in [7, 11) is 1.50. The summed E-state index contributed by atoms with van der Waals surface area (Å²) in [6, 6.07) is 21.6. The maximum Gasteiger partial charge on any atom is 0.313 e. The number of nitrogens with zero attached hydrogens (tertiary/aromatic N) is 2. The van der Waals surface area contributed by atoms with Gasteiger partial charge in [0.25, 0.3) is 5.91 Å². The van der Waals surface area contributed by atoms with E-state index in [4.69, 9.17) is 14.2 Å². The lowest BCUT2D eigenvalue weighted by molar-refractivity contribution is -0.163. The number of nitrogens with one attached hydrogen (secondary N) is 1. The molecule has 0 radical (unpaired) electrons. The zero-order valence-corrected chi connectivity index (χ0v) is 34.3. The number of methoxy groups -OCH3 is 1. The van der Waals surface area contributed by atoms with Gasteiger partial charge in [0.2, 0.25) is 11.8 Å². The first-order valence-electron chi connectivity index (χ1n) is 19.4. The van der Waals surface area contributed by atoms with E-state index < -0.39 is 77.0 Å². The molecule has 3 aromatic carbocycles. The Morgan fingerprint density at radius 2 is 1.77 bits per heavy atom. The summed E-state index contributed by atoms with van der Waals surface area (Å²) >= 11 is 3.78. The molecular weight excluding hydrogens is 790 g/mol. The second-order valence-electron chi connectivity index (χ2n) is 15.2. The van der Waals surface area contributed by atoms with Crippen LogP contribution in [0.25, 0.3) is 0 Å². The number of hydrogen-bond acceptors (Lipinski definition) is 8. The number of likely N-dealkylation sites (tertiary alicyclic amines) is 1. The van der Waals surface area contributed by atoms with Gasteiger partial charge in [0.05, 0.1) is 43.2 Å². The molecule has 1 spiro atoms. The number of carbonyl (C=O) groups excluding carboxylic acids is 4. The summed E-state index contributed by atoms with van der Waals surface area (Å²) in [5.41, 5.74) is 2.52. The van der Waals surface area contributed by atoms with E-state index in [-0.39, 0.29) is 38.3 Å². The maximum absolute atomic E-state index is 15.4. The average Bonchev–Trinajstić information content (AvgIpc) is 3.81. The van der Waals surface area contributed by atoms with Gasteiger partial charge >= 0.3 is 5.97 Å². The van der Waals surface area contributed by atoms with E-state index in [2.05, 4.69) is 34.4 Å². The van der Waals surface area contributed by atoms with Gasteiger partial charge in [-0.1, -0.05) is 101 Å². The van der Waals surface area contributed by atoms with Gasteiger partial charge in [-0.05, 0) is 61.4 Å². The van der Waals surface area contributed by atoms with Crippen molar-refractivity contribution in [3.8, 4) is 0 Å². The standard InChI is InChI=1S/C45H52BrN3O8/c1-6-8-19-36(51)47-34(27-55-5)39(31-17-13-10-14-18-31)56-44(54)37-38-42(52)49(32(26-50)24-30-15-11-9-12-16-30)41(45(38)25-33(46)40(37)57-45)43(53)48(22-7-2)35-23-28(3)20-21-29(35)4/h6-7,9-18,20-21,23,32-34,37-41,50H,1-2,8,19,22,24-27H2,3-5H3,(H,47,51)/t32-,33?,34+,37-,38+,39+,40-,41-,45+/m1/s1. The highest BCUT2D eigenvalue weighted by molar-refractivity contribution is 9.09. The first-order valence-corrected chi connectivity index (χ1v) is 20.3. The Kier molecular flexibility index (Phi) is 13.5. The van der Waals surface area contributed by atoms with Crippen LogP contribution in [0.2, 0.25) is 0 Å². The highest BCUT2D eigenvalue weighted by Gasteiger charge is 2.77. The summed E-state index contributed by atoms with van der Waals surface area (Å²) in [4.78, 5) is 61.1. The lowest BCUT2D eigenvalue weighted by Crippen LogP contribution is -2.59. The summed E-state index contributed by atoms with van der Waals surface area (Å²) in [5.74, 6) is -4.05. The Bertz CT molecular complexity index is 1940. The number of aliphatic hydroxyl groups is 1. The Hall–Kier alpha value is -4.62. The summed E-state index contributed by atoms with van der Waals surface area (Å²) in [5, 5.41) is 14.0. The fourth-order valence-corrected chi connectivity index (χ4v) is 9.81. The Morgan fingerprint density at radius 1 is 1.07 bits per heavy atom. The molecule has 6 rings (SSSR count). The molecule has 302 valence electrons. The third kappa shape index (κ3) is 8.37. The smallest absolute Gasteiger partial charge is 0.313 e. The number of benzene rings is 3. The second kappa shape index (κ2) is 18.3. The molecule has 0 aliphatic carbocycles. The number of fused-ring (bicyclic) bond motifs is 1. The molecule has 2 bridgehead atoms. The van der Waals surface area contributed by atoms with Gasteiger partial charge in [-0.3, -0.25) is 19.2 Å². The summed E-state index contributed by atoms with van der Waals surface area (Å²) in [6.07, 6.45) is 2.67. The van der Waals surface area contributed by atoms with E-state index in [0.29, 0.717) is 17.7 Å². The van der Waals surface area contributed by atoms with Crippen molar-refractivity contribution in [2.24, 2.45) is 11.8 Å². The summed E-state index contributed by atoms with van der Waals surface area (Å²) < 4.78 is 18.8. The van der Waals surface area contributed by atoms with E-state index >= 15 is 9.59 Å². The molecule has 3 aromatic rings. The number of aliphatic hydroxyl groups excluding tert-OH is 1. The molecule has 1 unspecified atom stereocenters. The number of hydrogen-bond donors (Lipinski definition) is 2. The lowest BCUT2D eigenvalue weighted by atomic mass is 9.70. The number of halogens is 1. The Morgan fingerprint density at radius 3 is 2.42 bits per heavy atom. The normalized spacial score (nSPS) is 25.0. The van der Waals surface area contributed by atoms with Crippen LogP contribution in [0.4, 0.5) is 5.69 Å². The predicted octanol–water partition coefficient (Wildman–Crippen LogP) is 5.56. The van der Waals surface area contributed by atoms with Crippen LogP contribution in [0.3, 0.4) is 0 Å². The lowest BCUT2D eigenvalue weighted by Gasteiger charge is -2.39. The SMILES string of the molecule is C=CCCC(=O)N[C@@H](COC)[C@@H](OC(=O)[C@H]1[C@@H]2O[C@@]3(CC2Br)[C@@H]1C(=O)N([C@@H](CO)Cc1ccccc1)[C@@H]3C(=O)N(CC=C)c1cc(C)ccc1C)c1ccccc1. The van der Waals surface area contributed by atoms with Gasteiger partial charge in [0.15, 0.2) is 0 Å². The minimum atomic E-state index is -1.44. The van der Waals surface area contributed by atoms with Crippen molar-refractivity contribution < 1.29 is 38.5 Å². The van der Waals surface area contributed by atoms with Crippen LogP contribution in [0.5, 0.6) is 0 Å². The van der Waals surface area contributed by atoms with Crippen LogP contribution < -0.4 is 10.2 Å². The number of allylic oxidation sites excluding steroid dienone is 1. The van der Waals surface area contributed by atoms with Crippen molar-refractivity contribution in [3.63, 3.8) is 0 Å². The van der Waals surface area contributed by atoms with E-state index in [1.807, 2.05) is 80.6 Å². The number of esters is 1. The van der Waals surface area contributed by atoms with Crippen molar-refractivity contribution >= 4 is 45.3 Å². The van der Waals surface area contributed by atoms with Gasteiger partial charge in [0, 0.05) is 30.6 Å². The van der Waals surface area contributed by atoms with Crippen molar-refractivity contribution in [2.45, 2.75) is 80.3 Å². The van der Waals surface area contributed by atoms with E-state index in [1.165, 1.54) is 12.0 Å². The molecular formula is C45H52BrN3O8. The Labute approximate surface area is 343 Å². The number of alkyl halides is 1. The molecule has 3 saturated heterocycles. The topological polar surface area (TPSA) is 135 Å². The highest BCUT2D eigenvalue weighted by Crippen LogP contribution is 2.61. The van der Waals surface area contributed by atoms with E-state index in [1.54, 1.807) is 29.2 Å². The molecule has 0 saturated carbocycles. The minimum Gasteiger partial charge on any atom is -0.455 e. The molecule has 3 heterocycles. The molecule has 12 heteroatoms. The van der Waals surface area contributed by atoms with Crippen LogP contribution in [-0.2, 0) is 39.8 Å². The molecule has 3 aliphatic heterocycles. The first-order chi connectivity index (χ1) is 27.5. The third-order valence-corrected chi connectivity index (χ3v) is 12.2. The third-order valence-electron chi connectivity index (χ3n) is 11.4. The number of ether oxygens (including phenoxy) is 3. The number of carbonyl (C=O) groups is 4. The van der Waals surface area contributed by atoms with Crippen LogP contribution in [-0.4, -0.2) is 95.2 Å². The number of anilines is 1. The molecule has 3 fully saturated rings. The van der Waals surface area contributed by atoms with Crippen molar-refractivity contribution in [1.82, 2.24) is 10.2 Å². The molecule has 2 N–H and O–H groups in total. The quantitative estimate of drug-likeness (QED) is 0.0968. The molecule has 9 atom stereocenters. The molecule has 3 aliphatic rings. The monoisotopic (exact) mass is 841 g/mol. The summed E-state index contributed by atoms with van der Waals surface area (Å²) in [6.45, 7) is 11.3. The zero-order chi connectivity index (χ0) is 40.9. The zero-order valence-electron chi connectivity index (χ0n) is 32.7. The van der Waals surface area contributed by atoms with Crippen LogP contribution >= 0.6 is 15.9 Å². The van der Waals surface area contributed by atoms with Gasteiger partial charge in [-0.15, -0.1) is 13.2 Å².